The molecule has 1 aromatic carbocycles. The molecule has 3 rings (SSSR count). The normalized spacial score (nSPS) is 15.9. The maximum Gasteiger partial charge on any atom is 0.291 e. The number of carbonyl (C=O) groups is 1. The van der Waals surface area contributed by atoms with Gasteiger partial charge < -0.3 is 9.73 Å². The molecule has 2 heterocycles. The lowest BCUT2D eigenvalue weighted by atomic mass is 10.2. The van der Waals surface area contributed by atoms with E-state index in [0.29, 0.717) is 28.8 Å². The van der Waals surface area contributed by atoms with Gasteiger partial charge in [0.25, 0.3) is 15.9 Å². The van der Waals surface area contributed by atoms with Crippen LogP contribution < -0.4 is 5.32 Å². The summed E-state index contributed by atoms with van der Waals surface area (Å²) >= 11 is 11.8. The van der Waals surface area contributed by atoms with E-state index in [1.165, 1.54) is 34.6 Å². The Balaban J connectivity index is 1.77. The number of halogens is 2. The molecule has 0 radical (unpaired) electrons. The average Bonchev–Trinajstić information content (AvgIpc) is 3.05. The third kappa shape index (κ3) is 4.17. The Morgan fingerprint density at radius 2 is 1.68 bits per heavy atom. The first-order valence-corrected chi connectivity index (χ1v) is 9.93. The van der Waals surface area contributed by atoms with Crippen LogP contribution in [0.25, 0.3) is 0 Å². The van der Waals surface area contributed by atoms with Crippen LogP contribution in [0.5, 0.6) is 0 Å². The van der Waals surface area contributed by atoms with Crippen LogP contribution in [-0.4, -0.2) is 31.7 Å². The Morgan fingerprint density at radius 3 is 2.32 bits per heavy atom. The van der Waals surface area contributed by atoms with Gasteiger partial charge in [-0.1, -0.05) is 29.6 Å². The highest BCUT2D eigenvalue weighted by Gasteiger charge is 2.29. The number of piperidine rings is 1. The minimum Gasteiger partial charge on any atom is -0.438 e. The number of hydrogen-bond donors (Lipinski definition) is 1. The summed E-state index contributed by atoms with van der Waals surface area (Å²) in [7, 11) is -3.72. The van der Waals surface area contributed by atoms with Gasteiger partial charge in [-0.2, -0.15) is 4.31 Å². The topological polar surface area (TPSA) is 79.6 Å². The second-order valence-electron chi connectivity index (χ2n) is 5.70. The van der Waals surface area contributed by atoms with Crippen LogP contribution in [0.15, 0.2) is 39.8 Å². The van der Waals surface area contributed by atoms with Gasteiger partial charge in [-0.15, -0.1) is 0 Å². The molecular weight excluding hydrogens is 387 g/mol. The second kappa shape index (κ2) is 7.37. The number of furan rings is 1. The number of rotatable bonds is 4. The van der Waals surface area contributed by atoms with Crippen LogP contribution in [0, 0.1) is 0 Å². The molecule has 0 saturated carbocycles. The molecule has 0 atom stereocenters. The quantitative estimate of drug-likeness (QED) is 0.837. The van der Waals surface area contributed by atoms with Crippen molar-refractivity contribution in [2.24, 2.45) is 0 Å². The highest BCUT2D eigenvalue weighted by atomic mass is 35.5. The number of carbonyl (C=O) groups excluding carboxylic acids is 1. The predicted molar refractivity (Wildman–Crippen MR) is 95.7 cm³/mol. The van der Waals surface area contributed by atoms with E-state index in [9.17, 15) is 13.2 Å². The first-order valence-electron chi connectivity index (χ1n) is 7.74. The fourth-order valence-corrected chi connectivity index (χ4v) is 4.59. The molecule has 1 aliphatic heterocycles. The fourth-order valence-electron chi connectivity index (χ4n) is 2.63. The Morgan fingerprint density at radius 1 is 1.04 bits per heavy atom. The smallest absolute Gasteiger partial charge is 0.291 e. The Kier molecular flexibility index (Phi) is 5.38. The van der Waals surface area contributed by atoms with E-state index in [1.54, 1.807) is 0 Å². The summed E-state index contributed by atoms with van der Waals surface area (Å²) in [6, 6.07) is 7.22. The lowest BCUT2D eigenvalue weighted by molar-refractivity contribution is 0.0991. The molecule has 2 aromatic rings. The minimum absolute atomic E-state index is 0.105. The van der Waals surface area contributed by atoms with Gasteiger partial charge in [-0.25, -0.2) is 8.42 Å². The second-order valence-corrected chi connectivity index (χ2v) is 8.44. The van der Waals surface area contributed by atoms with Gasteiger partial charge in [0.15, 0.2) is 5.76 Å². The Labute approximate surface area is 155 Å². The summed E-state index contributed by atoms with van der Waals surface area (Å²) in [5, 5.41) is 3.08. The molecule has 1 N–H and O–H groups in total. The van der Waals surface area contributed by atoms with Gasteiger partial charge in [0.1, 0.15) is 0 Å². The molecule has 134 valence electrons. The van der Waals surface area contributed by atoms with Crippen LogP contribution in [0.3, 0.4) is 0 Å². The molecule has 25 heavy (non-hydrogen) atoms. The summed E-state index contributed by atoms with van der Waals surface area (Å²) in [4.78, 5) is 12.3. The van der Waals surface area contributed by atoms with Crippen LogP contribution in [-0.2, 0) is 10.0 Å². The molecule has 0 unspecified atom stereocenters. The predicted octanol–water partition coefficient (Wildman–Crippen LogP) is 4.01. The average molecular weight is 403 g/mol. The third-order valence-electron chi connectivity index (χ3n) is 3.83. The van der Waals surface area contributed by atoms with Crippen LogP contribution in [0.1, 0.15) is 29.8 Å². The van der Waals surface area contributed by atoms with E-state index in [2.05, 4.69) is 5.32 Å². The largest absolute Gasteiger partial charge is 0.438 e. The van der Waals surface area contributed by atoms with Gasteiger partial charge >= 0.3 is 0 Å². The van der Waals surface area contributed by atoms with Crippen molar-refractivity contribution in [3.05, 3.63) is 46.1 Å². The van der Waals surface area contributed by atoms with Crippen LogP contribution in [0.4, 0.5) is 5.69 Å². The zero-order chi connectivity index (χ0) is 18.0. The maximum absolute atomic E-state index is 12.5. The van der Waals surface area contributed by atoms with Gasteiger partial charge in [0, 0.05) is 28.8 Å². The summed E-state index contributed by atoms with van der Waals surface area (Å²) in [5.41, 5.74) is 0.388. The standard InChI is InChI=1S/C16H16Cl2N2O4S/c17-11-8-12(18)10-13(9-11)19-16(21)14-4-5-15(24-14)25(22,23)20-6-2-1-3-7-20/h4-5,8-10H,1-3,6-7H2,(H,19,21). The van der Waals surface area contributed by atoms with E-state index in [1.807, 2.05) is 0 Å². The number of nitrogens with one attached hydrogen (secondary N) is 1. The minimum atomic E-state index is -3.72. The molecule has 1 amide bonds. The molecule has 1 saturated heterocycles. The lowest BCUT2D eigenvalue weighted by Crippen LogP contribution is -2.35. The highest BCUT2D eigenvalue weighted by Crippen LogP contribution is 2.25. The third-order valence-corrected chi connectivity index (χ3v) is 6.04. The number of amides is 1. The van der Waals surface area contributed by atoms with Crippen molar-refractivity contribution in [1.29, 1.82) is 0 Å². The fraction of sp³-hybridized carbons (Fsp3) is 0.312. The van der Waals surface area contributed by atoms with E-state index in [0.717, 1.165) is 19.3 Å². The summed E-state index contributed by atoms with van der Waals surface area (Å²) < 4.78 is 31.7. The van der Waals surface area contributed by atoms with Gasteiger partial charge in [0.05, 0.1) is 0 Å². The monoisotopic (exact) mass is 402 g/mol. The zero-order valence-electron chi connectivity index (χ0n) is 13.2. The molecule has 1 fully saturated rings. The van der Waals surface area contributed by atoms with E-state index in [4.69, 9.17) is 27.6 Å². The van der Waals surface area contributed by atoms with Gasteiger partial charge in [-0.3, -0.25) is 4.79 Å². The molecule has 0 bridgehead atoms. The number of anilines is 1. The first-order chi connectivity index (χ1) is 11.9. The van der Waals surface area contributed by atoms with E-state index in [-0.39, 0.29) is 10.9 Å². The van der Waals surface area contributed by atoms with E-state index < -0.39 is 15.9 Å². The van der Waals surface area contributed by atoms with Crippen molar-refractivity contribution in [2.45, 2.75) is 24.4 Å². The van der Waals surface area contributed by atoms with Crippen molar-refractivity contribution in [1.82, 2.24) is 4.31 Å². The highest BCUT2D eigenvalue weighted by molar-refractivity contribution is 7.89. The van der Waals surface area contributed by atoms with Crippen molar-refractivity contribution >= 4 is 44.8 Å². The number of benzene rings is 1. The SMILES string of the molecule is O=C(Nc1cc(Cl)cc(Cl)c1)c1ccc(S(=O)(=O)N2CCCCC2)o1. The molecule has 0 spiro atoms. The molecule has 0 aliphatic carbocycles. The Bertz CT molecular complexity index is 869. The maximum atomic E-state index is 12.5. The van der Waals surface area contributed by atoms with Gasteiger partial charge in [-0.05, 0) is 43.2 Å². The van der Waals surface area contributed by atoms with Gasteiger partial charge in [0.2, 0.25) is 5.09 Å². The zero-order valence-corrected chi connectivity index (χ0v) is 15.5. The van der Waals surface area contributed by atoms with Crippen molar-refractivity contribution in [3.8, 4) is 0 Å². The number of nitrogens with zero attached hydrogens (tertiary/aromatic N) is 1. The van der Waals surface area contributed by atoms with E-state index >= 15 is 0 Å². The molecular formula is C16H16Cl2N2O4S. The molecule has 1 aliphatic rings. The van der Waals surface area contributed by atoms with Crippen molar-refractivity contribution < 1.29 is 17.6 Å². The number of hydrogen-bond acceptors (Lipinski definition) is 4. The summed E-state index contributed by atoms with van der Waals surface area (Å²) in [6.45, 7) is 0.928. The number of sulfonamides is 1. The van der Waals surface area contributed by atoms with Crippen LogP contribution in [0.2, 0.25) is 10.0 Å². The van der Waals surface area contributed by atoms with Crippen molar-refractivity contribution in [2.75, 3.05) is 18.4 Å². The summed E-state index contributed by atoms with van der Waals surface area (Å²) in [5.74, 6) is -0.690. The molecule has 1 aromatic heterocycles. The summed E-state index contributed by atoms with van der Waals surface area (Å²) in [6.07, 6.45) is 2.66. The van der Waals surface area contributed by atoms with Crippen molar-refractivity contribution in [3.63, 3.8) is 0 Å². The van der Waals surface area contributed by atoms with Crippen LogP contribution >= 0.6 is 23.2 Å². The lowest BCUT2D eigenvalue weighted by Gasteiger charge is -2.24. The first kappa shape index (κ1) is 18.3. The Hall–Kier alpha value is -1.54. The molecule has 6 nitrogen and oxygen atoms in total. The molecule has 9 heteroatoms.